The molecular formula is C8H9NO2. The highest BCUT2D eigenvalue weighted by Crippen LogP contribution is 2.17. The van der Waals surface area contributed by atoms with E-state index in [2.05, 4.69) is 0 Å². The number of fused-ring (bicyclic) bond motifs is 1. The van der Waals surface area contributed by atoms with Gasteiger partial charge in [0, 0.05) is 18.4 Å². The van der Waals surface area contributed by atoms with Crippen LogP contribution in [-0.4, -0.2) is 15.6 Å². The SMILES string of the molecule is O=C(O)c1cc2n(c1)CCC2. The van der Waals surface area contributed by atoms with Gasteiger partial charge in [-0.2, -0.15) is 0 Å². The van der Waals surface area contributed by atoms with E-state index < -0.39 is 5.97 Å². The summed E-state index contributed by atoms with van der Waals surface area (Å²) in [7, 11) is 0. The Morgan fingerprint density at radius 3 is 3.09 bits per heavy atom. The molecule has 0 saturated heterocycles. The molecule has 58 valence electrons. The third-order valence-electron chi connectivity index (χ3n) is 2.06. The van der Waals surface area contributed by atoms with Crippen LogP contribution in [0.2, 0.25) is 0 Å². The molecule has 0 unspecified atom stereocenters. The number of carboxylic acid groups (broad SMARTS) is 1. The molecule has 0 aromatic carbocycles. The van der Waals surface area contributed by atoms with E-state index in [1.54, 1.807) is 12.3 Å². The lowest BCUT2D eigenvalue weighted by Crippen LogP contribution is -1.94. The fraction of sp³-hybridized carbons (Fsp3) is 0.375. The summed E-state index contributed by atoms with van der Waals surface area (Å²) in [4.78, 5) is 10.5. The summed E-state index contributed by atoms with van der Waals surface area (Å²) in [6.45, 7) is 0.975. The second-order valence-electron chi connectivity index (χ2n) is 2.82. The number of nitrogens with zero attached hydrogens (tertiary/aromatic N) is 1. The standard InChI is InChI=1S/C8H9NO2/c10-8(11)6-4-7-2-1-3-9(7)5-6/h4-5H,1-3H2,(H,10,11). The van der Waals surface area contributed by atoms with Crippen LogP contribution >= 0.6 is 0 Å². The smallest absolute Gasteiger partial charge is 0.337 e. The lowest BCUT2D eigenvalue weighted by molar-refractivity contribution is 0.0697. The maximum absolute atomic E-state index is 10.5. The Morgan fingerprint density at radius 1 is 1.64 bits per heavy atom. The van der Waals surface area contributed by atoms with E-state index in [-0.39, 0.29) is 0 Å². The molecule has 0 atom stereocenters. The number of aryl methyl sites for hydroxylation is 2. The zero-order chi connectivity index (χ0) is 7.84. The number of hydrogen-bond donors (Lipinski definition) is 1. The van der Waals surface area contributed by atoms with Crippen LogP contribution in [0.5, 0.6) is 0 Å². The molecule has 0 aliphatic carbocycles. The predicted octanol–water partition coefficient (Wildman–Crippen LogP) is 1.13. The molecule has 3 heteroatoms. The molecule has 3 nitrogen and oxygen atoms in total. The van der Waals surface area contributed by atoms with Gasteiger partial charge in [0.25, 0.3) is 0 Å². The number of carbonyl (C=O) groups is 1. The van der Waals surface area contributed by atoms with E-state index in [0.717, 1.165) is 25.1 Å². The van der Waals surface area contributed by atoms with Crippen molar-refractivity contribution in [3.8, 4) is 0 Å². The lowest BCUT2D eigenvalue weighted by Gasteiger charge is -1.91. The van der Waals surface area contributed by atoms with Crippen LogP contribution in [0.25, 0.3) is 0 Å². The molecule has 2 heterocycles. The third kappa shape index (κ3) is 0.926. The maximum Gasteiger partial charge on any atom is 0.337 e. The summed E-state index contributed by atoms with van der Waals surface area (Å²) in [6, 6.07) is 1.76. The van der Waals surface area contributed by atoms with Crippen molar-refractivity contribution in [2.45, 2.75) is 19.4 Å². The number of hydrogen-bond acceptors (Lipinski definition) is 1. The molecular weight excluding hydrogens is 142 g/mol. The Hall–Kier alpha value is -1.25. The Morgan fingerprint density at radius 2 is 2.45 bits per heavy atom. The largest absolute Gasteiger partial charge is 0.478 e. The summed E-state index contributed by atoms with van der Waals surface area (Å²) >= 11 is 0. The molecule has 1 aliphatic rings. The van der Waals surface area contributed by atoms with Gasteiger partial charge >= 0.3 is 5.97 Å². The molecule has 1 aliphatic heterocycles. The highest BCUT2D eigenvalue weighted by atomic mass is 16.4. The van der Waals surface area contributed by atoms with Crippen molar-refractivity contribution in [1.82, 2.24) is 4.57 Å². The minimum absolute atomic E-state index is 0.416. The van der Waals surface area contributed by atoms with Gasteiger partial charge in [0.2, 0.25) is 0 Å². The molecule has 0 saturated carbocycles. The van der Waals surface area contributed by atoms with Crippen molar-refractivity contribution in [2.24, 2.45) is 0 Å². The average molecular weight is 151 g/mol. The summed E-state index contributed by atoms with van der Waals surface area (Å²) in [5.74, 6) is -0.827. The molecule has 0 fully saturated rings. The fourth-order valence-corrected chi connectivity index (χ4v) is 1.52. The molecule has 1 aromatic heterocycles. The van der Waals surface area contributed by atoms with E-state index in [4.69, 9.17) is 5.11 Å². The Labute approximate surface area is 64.3 Å². The summed E-state index contributed by atoms with van der Waals surface area (Å²) in [5.41, 5.74) is 1.57. The first-order valence-electron chi connectivity index (χ1n) is 3.70. The first-order chi connectivity index (χ1) is 5.27. The van der Waals surface area contributed by atoms with Crippen LogP contribution in [0.3, 0.4) is 0 Å². The van der Waals surface area contributed by atoms with E-state index in [1.807, 2.05) is 4.57 Å². The van der Waals surface area contributed by atoms with Gasteiger partial charge in [-0.3, -0.25) is 0 Å². The van der Waals surface area contributed by atoms with E-state index in [0.29, 0.717) is 5.56 Å². The Kier molecular flexibility index (Phi) is 1.24. The average Bonchev–Trinajstić information content (AvgIpc) is 2.40. The second kappa shape index (κ2) is 2.12. The van der Waals surface area contributed by atoms with Crippen LogP contribution < -0.4 is 0 Å². The molecule has 0 bridgehead atoms. The fourth-order valence-electron chi connectivity index (χ4n) is 1.52. The molecule has 0 amide bonds. The highest BCUT2D eigenvalue weighted by molar-refractivity contribution is 5.87. The van der Waals surface area contributed by atoms with Crippen LogP contribution in [-0.2, 0) is 13.0 Å². The summed E-state index contributed by atoms with van der Waals surface area (Å²) in [5, 5.41) is 8.63. The van der Waals surface area contributed by atoms with Gasteiger partial charge in [-0.15, -0.1) is 0 Å². The minimum atomic E-state index is -0.827. The monoisotopic (exact) mass is 151 g/mol. The van der Waals surface area contributed by atoms with Gasteiger partial charge in [-0.1, -0.05) is 0 Å². The Bertz CT molecular complexity index is 280. The maximum atomic E-state index is 10.5. The van der Waals surface area contributed by atoms with Gasteiger partial charge in [0.15, 0.2) is 0 Å². The molecule has 2 rings (SSSR count). The number of aromatic carboxylic acids is 1. The first kappa shape index (κ1) is 6.46. The van der Waals surface area contributed by atoms with Crippen molar-refractivity contribution in [1.29, 1.82) is 0 Å². The predicted molar refractivity (Wildman–Crippen MR) is 39.7 cm³/mol. The van der Waals surface area contributed by atoms with E-state index in [9.17, 15) is 4.79 Å². The molecule has 0 radical (unpaired) electrons. The van der Waals surface area contributed by atoms with Crippen molar-refractivity contribution in [3.63, 3.8) is 0 Å². The van der Waals surface area contributed by atoms with Crippen LogP contribution in [0, 0.1) is 0 Å². The first-order valence-corrected chi connectivity index (χ1v) is 3.70. The zero-order valence-corrected chi connectivity index (χ0v) is 6.08. The number of aromatic nitrogens is 1. The van der Waals surface area contributed by atoms with Crippen LogP contribution in [0.1, 0.15) is 22.5 Å². The van der Waals surface area contributed by atoms with Gasteiger partial charge in [0.1, 0.15) is 0 Å². The van der Waals surface area contributed by atoms with Crippen LogP contribution in [0.15, 0.2) is 12.3 Å². The number of carboxylic acids is 1. The second-order valence-corrected chi connectivity index (χ2v) is 2.82. The quantitative estimate of drug-likeness (QED) is 0.653. The van der Waals surface area contributed by atoms with Gasteiger partial charge in [0.05, 0.1) is 5.56 Å². The highest BCUT2D eigenvalue weighted by Gasteiger charge is 2.14. The van der Waals surface area contributed by atoms with E-state index in [1.165, 1.54) is 0 Å². The zero-order valence-electron chi connectivity index (χ0n) is 6.08. The Balaban J connectivity index is 2.42. The topological polar surface area (TPSA) is 42.2 Å². The molecule has 1 N–H and O–H groups in total. The third-order valence-corrected chi connectivity index (χ3v) is 2.06. The van der Waals surface area contributed by atoms with Crippen molar-refractivity contribution in [3.05, 3.63) is 23.5 Å². The summed E-state index contributed by atoms with van der Waals surface area (Å²) < 4.78 is 2.02. The van der Waals surface area contributed by atoms with Crippen molar-refractivity contribution < 1.29 is 9.90 Å². The van der Waals surface area contributed by atoms with Gasteiger partial charge in [-0.25, -0.2) is 4.79 Å². The minimum Gasteiger partial charge on any atom is -0.478 e. The normalized spacial score (nSPS) is 14.9. The van der Waals surface area contributed by atoms with Gasteiger partial charge < -0.3 is 9.67 Å². The number of rotatable bonds is 1. The molecule has 1 aromatic rings. The summed E-state index contributed by atoms with van der Waals surface area (Å²) in [6.07, 6.45) is 3.88. The lowest BCUT2D eigenvalue weighted by atomic mass is 10.2. The van der Waals surface area contributed by atoms with Crippen LogP contribution in [0.4, 0.5) is 0 Å². The van der Waals surface area contributed by atoms with Crippen molar-refractivity contribution >= 4 is 5.97 Å². The molecule has 11 heavy (non-hydrogen) atoms. The van der Waals surface area contributed by atoms with E-state index >= 15 is 0 Å². The van der Waals surface area contributed by atoms with Crippen molar-refractivity contribution in [2.75, 3.05) is 0 Å². The molecule has 0 spiro atoms. The van der Waals surface area contributed by atoms with Gasteiger partial charge in [-0.05, 0) is 18.9 Å².